The Labute approximate surface area is 109 Å². The largest absolute Gasteiger partial charge is 0.493 e. The Balaban J connectivity index is 2.21. The number of hydrogen-bond acceptors (Lipinski definition) is 6. The molecule has 0 aliphatic carbocycles. The molecule has 0 aliphatic rings. The van der Waals surface area contributed by atoms with Gasteiger partial charge in [-0.05, 0) is 23.8 Å². The van der Waals surface area contributed by atoms with E-state index in [1.807, 2.05) is 0 Å². The van der Waals surface area contributed by atoms with Crippen LogP contribution in [0.1, 0.15) is 12.5 Å². The summed E-state index contributed by atoms with van der Waals surface area (Å²) in [5.74, 6) is 0.434. The molecule has 0 aliphatic heterocycles. The summed E-state index contributed by atoms with van der Waals surface area (Å²) in [5, 5.41) is 11.4. The highest BCUT2D eigenvalue weighted by Gasteiger charge is 2.07. The van der Waals surface area contributed by atoms with Crippen molar-refractivity contribution in [2.75, 3.05) is 7.11 Å². The van der Waals surface area contributed by atoms with Crippen molar-refractivity contribution < 1.29 is 14.3 Å². The molecule has 1 aromatic carbocycles. The first kappa shape index (κ1) is 12.7. The number of nitrogens with zero attached hydrogens (tertiary/aromatic N) is 4. The molecule has 98 valence electrons. The van der Waals surface area contributed by atoms with Crippen LogP contribution in [0.2, 0.25) is 0 Å². The highest BCUT2D eigenvalue weighted by molar-refractivity contribution is 5.81. The lowest BCUT2D eigenvalue weighted by Crippen LogP contribution is -2.03. The third-order valence-electron chi connectivity index (χ3n) is 2.19. The molecule has 0 N–H and O–H groups in total. The van der Waals surface area contributed by atoms with Crippen LogP contribution in [0.5, 0.6) is 11.5 Å². The van der Waals surface area contributed by atoms with Gasteiger partial charge in [-0.2, -0.15) is 5.10 Å². The van der Waals surface area contributed by atoms with Crippen LogP contribution in [0.3, 0.4) is 0 Å². The number of benzene rings is 1. The molecule has 2 rings (SSSR count). The second kappa shape index (κ2) is 5.76. The van der Waals surface area contributed by atoms with Crippen molar-refractivity contribution in [3.8, 4) is 11.5 Å². The minimum Gasteiger partial charge on any atom is -0.493 e. The average molecular weight is 260 g/mol. The molecule has 1 aromatic heterocycles. The zero-order valence-electron chi connectivity index (χ0n) is 10.5. The van der Waals surface area contributed by atoms with Crippen molar-refractivity contribution in [3.63, 3.8) is 0 Å². The summed E-state index contributed by atoms with van der Waals surface area (Å²) in [7, 11) is 1.50. The van der Waals surface area contributed by atoms with E-state index in [0.717, 1.165) is 5.56 Å². The molecule has 1 heterocycles. The van der Waals surface area contributed by atoms with Gasteiger partial charge in [-0.25, -0.2) is 4.68 Å². The number of ether oxygens (including phenoxy) is 2. The zero-order chi connectivity index (χ0) is 13.7. The Morgan fingerprint density at radius 2 is 2.05 bits per heavy atom. The highest BCUT2D eigenvalue weighted by atomic mass is 16.6. The maximum Gasteiger partial charge on any atom is 0.308 e. The fourth-order valence-electron chi connectivity index (χ4n) is 1.39. The van der Waals surface area contributed by atoms with Gasteiger partial charge in [0.2, 0.25) is 0 Å². The molecule has 0 saturated heterocycles. The lowest BCUT2D eigenvalue weighted by molar-refractivity contribution is -0.132. The summed E-state index contributed by atoms with van der Waals surface area (Å²) in [5.41, 5.74) is 0.793. The Kier molecular flexibility index (Phi) is 3.87. The first-order chi connectivity index (χ1) is 9.19. The van der Waals surface area contributed by atoms with Gasteiger partial charge in [-0.3, -0.25) is 4.79 Å². The number of carbonyl (C=O) groups is 1. The van der Waals surface area contributed by atoms with Crippen molar-refractivity contribution in [1.82, 2.24) is 14.9 Å². The Hall–Kier alpha value is -2.70. The monoisotopic (exact) mass is 260 g/mol. The van der Waals surface area contributed by atoms with E-state index in [-0.39, 0.29) is 0 Å². The molecule has 0 atom stereocenters. The first-order valence-electron chi connectivity index (χ1n) is 5.44. The summed E-state index contributed by atoms with van der Waals surface area (Å²) in [6, 6.07) is 5.12. The maximum atomic E-state index is 10.9. The smallest absolute Gasteiger partial charge is 0.308 e. The second-order valence-electron chi connectivity index (χ2n) is 3.59. The predicted molar refractivity (Wildman–Crippen MR) is 67.3 cm³/mol. The fourth-order valence-corrected chi connectivity index (χ4v) is 1.39. The van der Waals surface area contributed by atoms with Gasteiger partial charge in [0.25, 0.3) is 0 Å². The van der Waals surface area contributed by atoms with E-state index < -0.39 is 5.97 Å². The third-order valence-corrected chi connectivity index (χ3v) is 2.19. The lowest BCUT2D eigenvalue weighted by atomic mass is 10.2. The van der Waals surface area contributed by atoms with E-state index in [4.69, 9.17) is 9.47 Å². The molecule has 2 aromatic rings. The predicted octanol–water partition coefficient (Wildman–Crippen LogP) is 1.09. The van der Waals surface area contributed by atoms with Crippen LogP contribution >= 0.6 is 0 Å². The van der Waals surface area contributed by atoms with E-state index in [9.17, 15) is 4.79 Å². The third kappa shape index (κ3) is 3.38. The first-order valence-corrected chi connectivity index (χ1v) is 5.44. The van der Waals surface area contributed by atoms with E-state index in [0.29, 0.717) is 11.5 Å². The van der Waals surface area contributed by atoms with E-state index >= 15 is 0 Å². The van der Waals surface area contributed by atoms with Crippen LogP contribution in [0.4, 0.5) is 0 Å². The molecule has 0 saturated carbocycles. The van der Waals surface area contributed by atoms with Crippen molar-refractivity contribution in [1.29, 1.82) is 0 Å². The summed E-state index contributed by atoms with van der Waals surface area (Å²) in [4.78, 5) is 10.9. The van der Waals surface area contributed by atoms with Crippen LogP contribution in [0.15, 0.2) is 36.0 Å². The molecule has 0 fully saturated rings. The molecular weight excluding hydrogens is 248 g/mol. The number of carbonyl (C=O) groups excluding carboxylic acids is 1. The lowest BCUT2D eigenvalue weighted by Gasteiger charge is -2.08. The summed E-state index contributed by atoms with van der Waals surface area (Å²) in [6.45, 7) is 1.33. The van der Waals surface area contributed by atoms with Gasteiger partial charge in [-0.15, -0.1) is 10.2 Å². The molecule has 0 radical (unpaired) electrons. The van der Waals surface area contributed by atoms with Gasteiger partial charge >= 0.3 is 5.97 Å². The standard InChI is InChI=1S/C12H12N4O3/c1-9(17)19-11-4-3-10(5-12(11)18-2)6-15-16-7-13-14-8-16/h3-8H,1-2H3/b15-6-. The molecule has 7 nitrogen and oxygen atoms in total. The van der Waals surface area contributed by atoms with Crippen LogP contribution in [-0.4, -0.2) is 34.2 Å². The minimum absolute atomic E-state index is 0.372. The molecule has 0 spiro atoms. The number of aromatic nitrogens is 3. The van der Waals surface area contributed by atoms with Crippen molar-refractivity contribution in [3.05, 3.63) is 36.4 Å². The average Bonchev–Trinajstić information content (AvgIpc) is 2.90. The molecule has 0 amide bonds. The Morgan fingerprint density at radius 3 is 2.68 bits per heavy atom. The SMILES string of the molecule is COc1cc(/C=N\n2cnnc2)ccc1OC(C)=O. The quantitative estimate of drug-likeness (QED) is 0.467. The number of esters is 1. The molecule has 19 heavy (non-hydrogen) atoms. The molecular formula is C12H12N4O3. The molecule has 0 bridgehead atoms. The number of hydrogen-bond donors (Lipinski definition) is 0. The van der Waals surface area contributed by atoms with E-state index in [1.54, 1.807) is 24.4 Å². The van der Waals surface area contributed by atoms with Gasteiger partial charge in [0.15, 0.2) is 11.5 Å². The van der Waals surface area contributed by atoms with Gasteiger partial charge < -0.3 is 9.47 Å². The number of methoxy groups -OCH3 is 1. The topological polar surface area (TPSA) is 78.6 Å². The van der Waals surface area contributed by atoms with Crippen molar-refractivity contribution in [2.45, 2.75) is 6.92 Å². The summed E-state index contributed by atoms with van der Waals surface area (Å²) >= 11 is 0. The van der Waals surface area contributed by atoms with Crippen molar-refractivity contribution in [2.24, 2.45) is 5.10 Å². The van der Waals surface area contributed by atoms with Gasteiger partial charge in [0.1, 0.15) is 12.7 Å². The maximum absolute atomic E-state index is 10.9. The highest BCUT2D eigenvalue weighted by Crippen LogP contribution is 2.27. The van der Waals surface area contributed by atoms with Crippen LogP contribution in [0.25, 0.3) is 0 Å². The Morgan fingerprint density at radius 1 is 1.32 bits per heavy atom. The molecule has 7 heteroatoms. The van der Waals surface area contributed by atoms with Gasteiger partial charge in [-0.1, -0.05) is 0 Å². The van der Waals surface area contributed by atoms with Crippen molar-refractivity contribution >= 4 is 12.2 Å². The summed E-state index contributed by atoms with van der Waals surface area (Å²) in [6.07, 6.45) is 4.56. The second-order valence-corrected chi connectivity index (χ2v) is 3.59. The number of rotatable bonds is 4. The van der Waals surface area contributed by atoms with Crippen LogP contribution < -0.4 is 9.47 Å². The van der Waals surface area contributed by atoms with Crippen LogP contribution in [-0.2, 0) is 4.79 Å². The summed E-state index contributed by atoms with van der Waals surface area (Å²) < 4.78 is 11.6. The van der Waals surface area contributed by atoms with E-state index in [1.165, 1.54) is 31.4 Å². The zero-order valence-corrected chi connectivity index (χ0v) is 10.5. The minimum atomic E-state index is -0.399. The van der Waals surface area contributed by atoms with Gasteiger partial charge in [0.05, 0.1) is 13.3 Å². The van der Waals surface area contributed by atoms with Crippen LogP contribution in [0, 0.1) is 0 Å². The molecule has 0 unspecified atom stereocenters. The van der Waals surface area contributed by atoms with E-state index in [2.05, 4.69) is 15.3 Å². The fraction of sp³-hybridized carbons (Fsp3) is 0.167. The van der Waals surface area contributed by atoms with Gasteiger partial charge in [0, 0.05) is 6.92 Å². The normalized spacial score (nSPS) is 10.6. The Bertz CT molecular complexity index is 593.